The van der Waals surface area contributed by atoms with Crippen molar-refractivity contribution in [3.63, 3.8) is 0 Å². The van der Waals surface area contributed by atoms with Gasteiger partial charge in [-0.3, -0.25) is 34.7 Å². The summed E-state index contributed by atoms with van der Waals surface area (Å²) < 4.78 is 5.16. The number of anilines is 1. The van der Waals surface area contributed by atoms with E-state index >= 15 is 0 Å². The van der Waals surface area contributed by atoms with Gasteiger partial charge in [-0.25, -0.2) is 4.79 Å². The molecule has 3 atom stereocenters. The highest BCUT2D eigenvalue weighted by atomic mass is 16.6. The van der Waals surface area contributed by atoms with Crippen molar-refractivity contribution in [2.24, 2.45) is 11.3 Å². The first-order valence-corrected chi connectivity index (χ1v) is 10.0. The third-order valence-corrected chi connectivity index (χ3v) is 6.46. The van der Waals surface area contributed by atoms with Crippen LogP contribution in [0.3, 0.4) is 0 Å². The molecular weight excluding hydrogens is 408 g/mol. The number of barbiturate groups is 1. The molecule has 3 aliphatic heterocycles. The summed E-state index contributed by atoms with van der Waals surface area (Å²) >= 11 is 0. The van der Waals surface area contributed by atoms with Crippen molar-refractivity contribution >= 4 is 35.2 Å². The largest absolute Gasteiger partial charge is 0.466 e. The Morgan fingerprint density at radius 2 is 2.10 bits per heavy atom. The Hall–Kier alpha value is -3.50. The number of imide groups is 2. The fraction of sp³-hybridized carbons (Fsp3) is 0.500. The van der Waals surface area contributed by atoms with Gasteiger partial charge in [-0.2, -0.15) is 0 Å². The molecule has 164 valence electrons. The number of amides is 4. The van der Waals surface area contributed by atoms with Gasteiger partial charge in [0.25, 0.3) is 5.69 Å². The number of ether oxygens (including phenoxy) is 1. The molecule has 3 aliphatic rings. The molecule has 1 aromatic carbocycles. The van der Waals surface area contributed by atoms with Crippen molar-refractivity contribution in [2.45, 2.75) is 32.2 Å². The minimum atomic E-state index is -1.68. The van der Waals surface area contributed by atoms with Crippen LogP contribution in [0.25, 0.3) is 0 Å². The number of hydrogen-bond donors (Lipinski definition) is 1. The van der Waals surface area contributed by atoms with Gasteiger partial charge in [0.05, 0.1) is 23.5 Å². The third-order valence-electron chi connectivity index (χ3n) is 6.46. The van der Waals surface area contributed by atoms with Crippen molar-refractivity contribution in [2.75, 3.05) is 25.1 Å². The van der Waals surface area contributed by atoms with E-state index < -0.39 is 40.1 Å². The molecule has 1 spiro atoms. The maximum atomic E-state index is 13.4. The monoisotopic (exact) mass is 430 g/mol. The zero-order chi connectivity index (χ0) is 22.5. The van der Waals surface area contributed by atoms with Gasteiger partial charge in [0.2, 0.25) is 11.8 Å². The Balaban J connectivity index is 1.84. The summed E-state index contributed by atoms with van der Waals surface area (Å²) in [6.45, 7) is 2.29. The van der Waals surface area contributed by atoms with Crippen LogP contribution in [0.5, 0.6) is 0 Å². The van der Waals surface area contributed by atoms with Crippen molar-refractivity contribution < 1.29 is 28.8 Å². The van der Waals surface area contributed by atoms with Gasteiger partial charge in [-0.15, -0.1) is 0 Å². The molecule has 4 rings (SSSR count). The number of rotatable bonds is 3. The van der Waals surface area contributed by atoms with Gasteiger partial charge in [-0.05, 0) is 31.4 Å². The molecular formula is C20H22N4O7. The number of nitro benzene ring substituents is 1. The second-order valence-corrected chi connectivity index (χ2v) is 8.02. The van der Waals surface area contributed by atoms with Crippen LogP contribution >= 0.6 is 0 Å². The number of benzene rings is 1. The number of carbonyl (C=O) groups excluding carboxylic acids is 4. The van der Waals surface area contributed by atoms with Crippen LogP contribution in [0.1, 0.15) is 25.3 Å². The van der Waals surface area contributed by atoms with Gasteiger partial charge in [-0.1, -0.05) is 0 Å². The quantitative estimate of drug-likeness (QED) is 0.324. The van der Waals surface area contributed by atoms with Gasteiger partial charge >= 0.3 is 12.0 Å². The summed E-state index contributed by atoms with van der Waals surface area (Å²) in [6.07, 6.45) is 0.534. The number of hydrogen-bond acceptors (Lipinski definition) is 8. The summed E-state index contributed by atoms with van der Waals surface area (Å²) in [6, 6.07) is 2.83. The second kappa shape index (κ2) is 7.33. The van der Waals surface area contributed by atoms with Gasteiger partial charge < -0.3 is 9.64 Å². The lowest BCUT2D eigenvalue weighted by atomic mass is 9.64. The van der Waals surface area contributed by atoms with Gasteiger partial charge in [0.1, 0.15) is 0 Å². The SMILES string of the molecule is CCOC(=O)C1CCN2c3ccc([N+](=O)[O-])cc3CC3(C(=O)NC(=O)N(C)C3=O)C2C1. The van der Waals surface area contributed by atoms with Crippen molar-refractivity contribution in [3.8, 4) is 0 Å². The second-order valence-electron chi connectivity index (χ2n) is 8.02. The average molecular weight is 430 g/mol. The minimum absolute atomic E-state index is 0.108. The van der Waals surface area contributed by atoms with Crippen LogP contribution in [-0.2, 0) is 25.5 Å². The first kappa shape index (κ1) is 20.8. The summed E-state index contributed by atoms with van der Waals surface area (Å²) in [5, 5.41) is 13.5. The fourth-order valence-corrected chi connectivity index (χ4v) is 4.95. The van der Waals surface area contributed by atoms with Gasteiger partial charge in [0.15, 0.2) is 5.41 Å². The maximum Gasteiger partial charge on any atom is 0.330 e. The predicted molar refractivity (Wildman–Crippen MR) is 106 cm³/mol. The maximum absolute atomic E-state index is 13.4. The molecule has 11 heteroatoms. The number of urea groups is 1. The Morgan fingerprint density at radius 3 is 2.77 bits per heavy atom. The molecule has 3 heterocycles. The van der Waals surface area contributed by atoms with E-state index in [2.05, 4.69) is 5.32 Å². The number of esters is 1. The van der Waals surface area contributed by atoms with E-state index in [0.717, 1.165) is 4.90 Å². The van der Waals surface area contributed by atoms with Crippen LogP contribution in [0.4, 0.5) is 16.2 Å². The lowest BCUT2D eigenvalue weighted by Gasteiger charge is -2.54. The molecule has 2 saturated heterocycles. The molecule has 1 aromatic rings. The number of nitro groups is 1. The molecule has 0 aliphatic carbocycles. The molecule has 1 N–H and O–H groups in total. The number of non-ortho nitro benzene ring substituents is 1. The van der Waals surface area contributed by atoms with E-state index in [9.17, 15) is 29.3 Å². The van der Waals surface area contributed by atoms with Crippen LogP contribution in [0.2, 0.25) is 0 Å². The Labute approximate surface area is 177 Å². The standard InChI is InChI=1S/C20H22N4O7/c1-3-31-16(25)11-6-7-23-14-5-4-13(24(29)30)8-12(14)10-20(15(23)9-11)17(26)21-19(28)22(2)18(20)27/h4-5,8,11,15H,3,6-7,9-10H2,1-2H3,(H,21,26,28). The van der Waals surface area contributed by atoms with E-state index in [1.807, 2.05) is 4.90 Å². The first-order valence-electron chi connectivity index (χ1n) is 10.0. The summed E-state index contributed by atoms with van der Waals surface area (Å²) in [4.78, 5) is 64.5. The number of nitrogens with zero attached hydrogens (tertiary/aromatic N) is 3. The molecule has 0 aromatic heterocycles. The average Bonchev–Trinajstić information content (AvgIpc) is 2.75. The molecule has 0 radical (unpaired) electrons. The lowest BCUT2D eigenvalue weighted by Crippen LogP contribution is -2.72. The Kier molecular flexibility index (Phi) is 4.91. The smallest absolute Gasteiger partial charge is 0.330 e. The molecule has 0 saturated carbocycles. The predicted octanol–water partition coefficient (Wildman–Crippen LogP) is 0.994. The zero-order valence-corrected chi connectivity index (χ0v) is 17.1. The van der Waals surface area contributed by atoms with E-state index in [4.69, 9.17) is 4.74 Å². The lowest BCUT2D eigenvalue weighted by molar-refractivity contribution is -0.384. The third kappa shape index (κ3) is 3.03. The molecule has 0 bridgehead atoms. The van der Waals surface area contributed by atoms with Crippen molar-refractivity contribution in [3.05, 3.63) is 33.9 Å². The summed E-state index contributed by atoms with van der Waals surface area (Å²) in [5.74, 6) is -2.32. The Morgan fingerprint density at radius 1 is 1.35 bits per heavy atom. The van der Waals surface area contributed by atoms with Crippen LogP contribution in [0.15, 0.2) is 18.2 Å². The molecule has 3 unspecified atom stereocenters. The molecule has 2 fully saturated rings. The van der Waals surface area contributed by atoms with Gasteiger partial charge in [0, 0.05) is 37.8 Å². The van der Waals surface area contributed by atoms with Crippen LogP contribution < -0.4 is 10.2 Å². The highest BCUT2D eigenvalue weighted by Gasteiger charge is 2.62. The fourth-order valence-electron chi connectivity index (χ4n) is 4.95. The normalized spacial score (nSPS) is 27.5. The first-order chi connectivity index (χ1) is 14.7. The van der Waals surface area contributed by atoms with Crippen molar-refractivity contribution in [1.82, 2.24) is 10.2 Å². The summed E-state index contributed by atoms with van der Waals surface area (Å²) in [5.41, 5.74) is -0.674. The highest BCUT2D eigenvalue weighted by molar-refractivity contribution is 6.20. The zero-order valence-electron chi connectivity index (χ0n) is 17.1. The number of carbonyl (C=O) groups is 4. The van der Waals surface area contributed by atoms with E-state index in [0.29, 0.717) is 24.2 Å². The Bertz CT molecular complexity index is 1010. The number of fused-ring (bicyclic) bond motifs is 4. The molecule has 4 amide bonds. The minimum Gasteiger partial charge on any atom is -0.466 e. The van der Waals surface area contributed by atoms with E-state index in [-0.39, 0.29) is 31.1 Å². The topological polar surface area (TPSA) is 139 Å². The number of nitrogens with one attached hydrogen (secondary N) is 1. The van der Waals surface area contributed by atoms with E-state index in [1.54, 1.807) is 13.0 Å². The molecule has 31 heavy (non-hydrogen) atoms. The van der Waals surface area contributed by atoms with Crippen LogP contribution in [0, 0.1) is 21.4 Å². The summed E-state index contributed by atoms with van der Waals surface area (Å²) in [7, 11) is 1.28. The van der Waals surface area contributed by atoms with E-state index in [1.165, 1.54) is 19.2 Å². The number of piperidine rings is 1. The highest BCUT2D eigenvalue weighted by Crippen LogP contribution is 2.49. The molecule has 11 nitrogen and oxygen atoms in total. The van der Waals surface area contributed by atoms with Crippen LogP contribution in [-0.4, -0.2) is 59.9 Å². The van der Waals surface area contributed by atoms with Crippen molar-refractivity contribution in [1.29, 1.82) is 0 Å².